The predicted molar refractivity (Wildman–Crippen MR) is 115 cm³/mol. The number of azo groups is 1. The van der Waals surface area contributed by atoms with Gasteiger partial charge in [-0.1, -0.05) is 6.08 Å². The first-order chi connectivity index (χ1) is 14.6. The number of aliphatic hydroxyl groups is 1. The van der Waals surface area contributed by atoms with Crippen LogP contribution in [0.25, 0.3) is 0 Å². The van der Waals surface area contributed by atoms with Crippen LogP contribution in [-0.2, 0) is 19.9 Å². The van der Waals surface area contributed by atoms with E-state index in [0.717, 1.165) is 5.57 Å². The zero-order valence-electron chi connectivity index (χ0n) is 16.7. The molecule has 7 N–H and O–H groups in total. The Labute approximate surface area is 180 Å². The maximum absolute atomic E-state index is 13.0. The standard InChI is InChI=1S/C17H25N7O5S2/c18-7-11-3-5-24(9-11)13-1-2-14(30(26,27)6-4-12(25)8-19)16(31(20,28)29)15(13)17-21-10-22-23-17/h1-3,12,25H,4-10,18-19H2,(H2,20,28,29)/t12-/m0/s1. The van der Waals surface area contributed by atoms with Crippen molar-refractivity contribution in [2.45, 2.75) is 22.3 Å². The fourth-order valence-electron chi connectivity index (χ4n) is 3.38. The Bertz CT molecular complexity index is 1160. The molecule has 0 bridgehead atoms. The fraction of sp³-hybridized carbons (Fsp3) is 0.471. The van der Waals surface area contributed by atoms with Gasteiger partial charge >= 0.3 is 0 Å². The summed E-state index contributed by atoms with van der Waals surface area (Å²) in [4.78, 5) is 4.87. The van der Waals surface area contributed by atoms with Crippen molar-refractivity contribution in [3.05, 3.63) is 29.3 Å². The van der Waals surface area contributed by atoms with Crippen LogP contribution in [0.1, 0.15) is 12.0 Å². The maximum atomic E-state index is 13.0. The van der Waals surface area contributed by atoms with Crippen LogP contribution in [0, 0.1) is 0 Å². The van der Waals surface area contributed by atoms with Gasteiger partial charge in [0, 0.05) is 31.9 Å². The second-order valence-corrected chi connectivity index (χ2v) is 10.7. The summed E-state index contributed by atoms with van der Waals surface area (Å²) in [5.41, 5.74) is 12.4. The predicted octanol–water partition coefficient (Wildman–Crippen LogP) is -1.31. The minimum atomic E-state index is -4.52. The van der Waals surface area contributed by atoms with E-state index < -0.39 is 41.5 Å². The first-order valence-corrected chi connectivity index (χ1v) is 12.6. The van der Waals surface area contributed by atoms with E-state index in [1.807, 2.05) is 11.0 Å². The quantitative estimate of drug-likeness (QED) is 0.317. The molecule has 1 aromatic rings. The molecular weight excluding hydrogens is 446 g/mol. The molecule has 3 rings (SSSR count). The van der Waals surface area contributed by atoms with Gasteiger partial charge in [-0.05, 0) is 24.1 Å². The van der Waals surface area contributed by atoms with E-state index in [0.29, 0.717) is 25.3 Å². The average Bonchev–Trinajstić information content (AvgIpc) is 3.42. The maximum Gasteiger partial charge on any atom is 0.240 e. The first-order valence-electron chi connectivity index (χ1n) is 9.44. The molecule has 2 aliphatic rings. The lowest BCUT2D eigenvalue weighted by Gasteiger charge is -2.24. The number of hydrogen-bond donors (Lipinski definition) is 4. The topological polar surface area (TPSA) is 207 Å². The van der Waals surface area contributed by atoms with Gasteiger partial charge in [-0.2, -0.15) is 5.11 Å². The molecule has 1 atom stereocenters. The third kappa shape index (κ3) is 4.99. The van der Waals surface area contributed by atoms with Gasteiger partial charge in [0.2, 0.25) is 10.0 Å². The molecule has 0 aliphatic carbocycles. The van der Waals surface area contributed by atoms with Crippen molar-refractivity contribution >= 4 is 31.4 Å². The molecule has 0 saturated heterocycles. The monoisotopic (exact) mass is 471 g/mol. The number of rotatable bonds is 9. The summed E-state index contributed by atoms with van der Waals surface area (Å²) in [7, 11) is -8.66. The number of benzene rings is 1. The molecule has 0 fully saturated rings. The van der Waals surface area contributed by atoms with Crippen molar-refractivity contribution in [3.8, 4) is 0 Å². The molecule has 2 aliphatic heterocycles. The van der Waals surface area contributed by atoms with Gasteiger partial charge in [-0.3, -0.25) is 0 Å². The Morgan fingerprint density at radius 3 is 2.48 bits per heavy atom. The van der Waals surface area contributed by atoms with Gasteiger partial charge in [0.05, 0.1) is 22.3 Å². The average molecular weight is 472 g/mol. The summed E-state index contributed by atoms with van der Waals surface area (Å²) in [5, 5.41) is 22.8. The molecule has 1 aromatic carbocycles. The number of sulfone groups is 1. The highest BCUT2D eigenvalue weighted by molar-refractivity contribution is 7.93. The number of nitrogens with two attached hydrogens (primary N) is 3. The Balaban J connectivity index is 2.21. The molecule has 2 heterocycles. The van der Waals surface area contributed by atoms with Crippen LogP contribution in [0.3, 0.4) is 0 Å². The summed E-state index contributed by atoms with van der Waals surface area (Å²) in [6, 6.07) is 2.70. The second kappa shape index (κ2) is 9.10. The van der Waals surface area contributed by atoms with E-state index in [-0.39, 0.29) is 31.0 Å². The summed E-state index contributed by atoms with van der Waals surface area (Å²) >= 11 is 0. The van der Waals surface area contributed by atoms with Gasteiger partial charge in [-0.15, -0.1) is 5.11 Å². The number of aliphatic hydroxyl groups excluding tert-OH is 1. The van der Waals surface area contributed by atoms with Crippen LogP contribution in [0.4, 0.5) is 5.69 Å². The lowest BCUT2D eigenvalue weighted by atomic mass is 10.1. The van der Waals surface area contributed by atoms with E-state index in [1.165, 1.54) is 12.1 Å². The summed E-state index contributed by atoms with van der Waals surface area (Å²) in [6.45, 7) is 1.09. The third-order valence-corrected chi connectivity index (χ3v) is 7.89. The summed E-state index contributed by atoms with van der Waals surface area (Å²) in [6.07, 6.45) is 0.721. The van der Waals surface area contributed by atoms with Crippen LogP contribution in [0.2, 0.25) is 0 Å². The Morgan fingerprint density at radius 2 is 1.94 bits per heavy atom. The van der Waals surface area contributed by atoms with E-state index in [1.54, 1.807) is 0 Å². The SMILES string of the molecule is NCC1=CCN(c2ccc(S(=O)(=O)CC[C@H](O)CN)c(S(N)(=O)=O)c2C2=NCN=N2)C1. The first kappa shape index (κ1) is 23.4. The second-order valence-electron chi connectivity index (χ2n) is 7.14. The van der Waals surface area contributed by atoms with Crippen LogP contribution in [0.15, 0.2) is 48.8 Å². The smallest absolute Gasteiger partial charge is 0.240 e. The van der Waals surface area contributed by atoms with Crippen molar-refractivity contribution in [3.63, 3.8) is 0 Å². The molecule has 0 amide bonds. The third-order valence-electron chi connectivity index (χ3n) is 4.98. The number of anilines is 1. The van der Waals surface area contributed by atoms with Crippen molar-refractivity contribution in [1.29, 1.82) is 0 Å². The number of aliphatic imine (C=N–C) groups is 1. The molecule has 0 saturated carbocycles. The van der Waals surface area contributed by atoms with E-state index in [2.05, 4.69) is 15.2 Å². The van der Waals surface area contributed by atoms with Crippen LogP contribution in [0.5, 0.6) is 0 Å². The normalized spacial score (nSPS) is 17.7. The van der Waals surface area contributed by atoms with Crippen LogP contribution >= 0.6 is 0 Å². The molecule has 0 spiro atoms. The Morgan fingerprint density at radius 1 is 1.19 bits per heavy atom. The highest BCUT2D eigenvalue weighted by atomic mass is 32.2. The number of amidine groups is 1. The summed E-state index contributed by atoms with van der Waals surface area (Å²) < 4.78 is 51.3. The minimum absolute atomic E-state index is 0.00912. The van der Waals surface area contributed by atoms with Crippen molar-refractivity contribution in [2.24, 2.45) is 31.8 Å². The van der Waals surface area contributed by atoms with Crippen molar-refractivity contribution in [1.82, 2.24) is 0 Å². The lowest BCUT2D eigenvalue weighted by molar-refractivity contribution is 0.179. The van der Waals surface area contributed by atoms with E-state index >= 15 is 0 Å². The van der Waals surface area contributed by atoms with E-state index in [4.69, 9.17) is 16.6 Å². The minimum Gasteiger partial charge on any atom is -0.392 e. The summed E-state index contributed by atoms with van der Waals surface area (Å²) in [5.74, 6) is -0.525. The highest BCUT2D eigenvalue weighted by Gasteiger charge is 2.34. The van der Waals surface area contributed by atoms with Crippen molar-refractivity contribution in [2.75, 3.05) is 43.5 Å². The number of sulfonamides is 1. The lowest BCUT2D eigenvalue weighted by Crippen LogP contribution is -2.28. The van der Waals surface area contributed by atoms with Crippen LogP contribution in [-0.4, -0.2) is 72.5 Å². The fourth-order valence-corrected chi connectivity index (χ4v) is 6.40. The molecular formula is C17H25N7O5S2. The van der Waals surface area contributed by atoms with E-state index in [9.17, 15) is 21.9 Å². The van der Waals surface area contributed by atoms with Crippen LogP contribution < -0.4 is 21.5 Å². The zero-order valence-corrected chi connectivity index (χ0v) is 18.3. The van der Waals surface area contributed by atoms with Crippen molar-refractivity contribution < 1.29 is 21.9 Å². The number of hydrogen-bond acceptors (Lipinski definition) is 11. The molecule has 0 radical (unpaired) electrons. The zero-order chi connectivity index (χ0) is 22.8. The van der Waals surface area contributed by atoms with Gasteiger partial charge < -0.3 is 21.5 Å². The molecule has 0 unspecified atom stereocenters. The molecule has 170 valence electrons. The largest absolute Gasteiger partial charge is 0.392 e. The molecule has 0 aromatic heterocycles. The van der Waals surface area contributed by atoms with Gasteiger partial charge in [-0.25, -0.2) is 27.0 Å². The molecule has 14 heteroatoms. The molecule has 12 nitrogen and oxygen atoms in total. The molecule has 31 heavy (non-hydrogen) atoms. The Kier molecular flexibility index (Phi) is 6.88. The Hall–Kier alpha value is -2.23. The highest BCUT2D eigenvalue weighted by Crippen LogP contribution is 2.36. The number of nitrogens with zero attached hydrogens (tertiary/aromatic N) is 4. The van der Waals surface area contributed by atoms with Gasteiger partial charge in [0.1, 0.15) is 4.90 Å². The van der Waals surface area contributed by atoms with Gasteiger partial charge in [0.25, 0.3) is 0 Å². The van der Waals surface area contributed by atoms with Gasteiger partial charge in [0.15, 0.2) is 22.3 Å². The number of primary sulfonamides is 1.